The zero-order valence-electron chi connectivity index (χ0n) is 5.74. The van der Waals surface area contributed by atoms with E-state index in [1.165, 1.54) is 18.2 Å². The van der Waals surface area contributed by atoms with Crippen LogP contribution in [0.2, 0.25) is 0 Å². The molecule has 0 heterocycles. The van der Waals surface area contributed by atoms with E-state index in [1.54, 1.807) is 12.1 Å². The first-order valence-corrected chi connectivity index (χ1v) is 3.04. The van der Waals surface area contributed by atoms with Crippen molar-refractivity contribution in [2.75, 3.05) is 5.73 Å². The first-order chi connectivity index (χ1) is 5.24. The van der Waals surface area contributed by atoms with Crippen molar-refractivity contribution in [3.05, 3.63) is 29.8 Å². The van der Waals surface area contributed by atoms with Gasteiger partial charge in [-0.2, -0.15) is 5.26 Å². The van der Waals surface area contributed by atoms with Crippen LogP contribution in [0.25, 0.3) is 0 Å². The predicted octanol–water partition coefficient (Wildman–Crippen LogP) is 0.975. The zero-order valence-corrected chi connectivity index (χ0v) is 5.74. The lowest BCUT2D eigenvalue weighted by molar-refractivity contribution is 0.105. The second-order valence-electron chi connectivity index (χ2n) is 2.06. The number of nitriles is 1. The molecule has 0 fully saturated rings. The Labute approximate surface area is 64.1 Å². The first-order valence-electron chi connectivity index (χ1n) is 3.04. The molecule has 0 saturated heterocycles. The van der Waals surface area contributed by atoms with Crippen LogP contribution in [0.5, 0.6) is 0 Å². The smallest absolute Gasteiger partial charge is 0.262 e. The van der Waals surface area contributed by atoms with Gasteiger partial charge in [-0.05, 0) is 24.3 Å². The molecule has 0 aliphatic carbocycles. The van der Waals surface area contributed by atoms with Gasteiger partial charge in [-0.1, -0.05) is 0 Å². The highest BCUT2D eigenvalue weighted by atomic mass is 16.1. The number of anilines is 1. The molecule has 0 radical (unpaired) electrons. The summed E-state index contributed by atoms with van der Waals surface area (Å²) in [6.07, 6.45) is 0. The van der Waals surface area contributed by atoms with Crippen LogP contribution in [0.4, 0.5) is 5.69 Å². The molecule has 1 rings (SSSR count). The van der Waals surface area contributed by atoms with Gasteiger partial charge in [-0.25, -0.2) is 0 Å². The fourth-order valence-electron chi connectivity index (χ4n) is 0.699. The summed E-state index contributed by atoms with van der Waals surface area (Å²) in [6, 6.07) is 7.75. The van der Waals surface area contributed by atoms with Gasteiger partial charge in [0.05, 0.1) is 0 Å². The van der Waals surface area contributed by atoms with Gasteiger partial charge in [0.25, 0.3) is 5.78 Å². The van der Waals surface area contributed by atoms with E-state index in [4.69, 9.17) is 11.0 Å². The van der Waals surface area contributed by atoms with Crippen LogP contribution >= 0.6 is 0 Å². The van der Waals surface area contributed by atoms with Crippen LogP contribution in [-0.2, 0) is 0 Å². The number of benzene rings is 1. The third kappa shape index (κ3) is 1.55. The third-order valence-electron chi connectivity index (χ3n) is 1.27. The summed E-state index contributed by atoms with van der Waals surface area (Å²) in [6.45, 7) is 0. The first kappa shape index (κ1) is 7.29. The topological polar surface area (TPSA) is 66.9 Å². The third-order valence-corrected chi connectivity index (χ3v) is 1.27. The Morgan fingerprint density at radius 3 is 2.36 bits per heavy atom. The van der Waals surface area contributed by atoms with Crippen molar-refractivity contribution in [2.24, 2.45) is 0 Å². The average molecular weight is 146 g/mol. The second-order valence-corrected chi connectivity index (χ2v) is 2.06. The van der Waals surface area contributed by atoms with Crippen LogP contribution < -0.4 is 5.73 Å². The summed E-state index contributed by atoms with van der Waals surface area (Å²) in [5.74, 6) is -0.537. The molecule has 0 aromatic heterocycles. The molecule has 0 unspecified atom stereocenters. The minimum absolute atomic E-state index is 0.377. The quantitative estimate of drug-likeness (QED) is 0.364. The standard InChI is InChI=1S/C8H6N2O/c9-5-8(11)6-1-3-7(10)4-2-6/h1-4H,10H2. The van der Waals surface area contributed by atoms with Gasteiger partial charge in [0.15, 0.2) is 0 Å². The van der Waals surface area contributed by atoms with Gasteiger partial charge in [0, 0.05) is 11.3 Å². The van der Waals surface area contributed by atoms with Crippen molar-refractivity contribution in [1.82, 2.24) is 0 Å². The van der Waals surface area contributed by atoms with Crippen molar-refractivity contribution in [3.8, 4) is 6.07 Å². The molecular weight excluding hydrogens is 140 g/mol. The predicted molar refractivity (Wildman–Crippen MR) is 40.8 cm³/mol. The van der Waals surface area contributed by atoms with Crippen molar-refractivity contribution >= 4 is 11.5 Å². The summed E-state index contributed by atoms with van der Waals surface area (Å²) < 4.78 is 0. The molecule has 0 amide bonds. The number of carbonyl (C=O) groups excluding carboxylic acids is 1. The number of carbonyl (C=O) groups is 1. The lowest BCUT2D eigenvalue weighted by Gasteiger charge is -1.92. The maximum atomic E-state index is 10.7. The van der Waals surface area contributed by atoms with Crippen LogP contribution in [0.1, 0.15) is 10.4 Å². The Kier molecular flexibility index (Phi) is 1.88. The summed E-state index contributed by atoms with van der Waals surface area (Å²) in [7, 11) is 0. The molecule has 2 N–H and O–H groups in total. The van der Waals surface area contributed by atoms with E-state index < -0.39 is 5.78 Å². The van der Waals surface area contributed by atoms with Crippen molar-refractivity contribution in [1.29, 1.82) is 5.26 Å². The lowest BCUT2D eigenvalue weighted by atomic mass is 10.1. The maximum Gasteiger partial charge on any atom is 0.262 e. The van der Waals surface area contributed by atoms with E-state index in [0.717, 1.165) is 0 Å². The second kappa shape index (κ2) is 2.84. The Hall–Kier alpha value is -1.82. The summed E-state index contributed by atoms with van der Waals surface area (Å²) >= 11 is 0. The molecule has 54 valence electrons. The minimum atomic E-state index is -0.537. The van der Waals surface area contributed by atoms with Crippen LogP contribution in [0.15, 0.2) is 24.3 Å². The van der Waals surface area contributed by atoms with E-state index >= 15 is 0 Å². The molecule has 1 aromatic carbocycles. The van der Waals surface area contributed by atoms with E-state index in [2.05, 4.69) is 0 Å². The van der Waals surface area contributed by atoms with Crippen LogP contribution in [-0.4, -0.2) is 5.78 Å². The summed E-state index contributed by atoms with van der Waals surface area (Å²) in [5, 5.41) is 8.23. The van der Waals surface area contributed by atoms with Crippen molar-refractivity contribution in [2.45, 2.75) is 0 Å². The van der Waals surface area contributed by atoms with Crippen LogP contribution in [0, 0.1) is 11.3 Å². The number of nitrogen functional groups attached to an aromatic ring is 1. The number of Topliss-reactive ketones (excluding diaryl/α,β-unsaturated/α-hetero) is 1. The fourth-order valence-corrected chi connectivity index (χ4v) is 0.699. The van der Waals surface area contributed by atoms with E-state index in [0.29, 0.717) is 11.3 Å². The van der Waals surface area contributed by atoms with Crippen molar-refractivity contribution < 1.29 is 4.79 Å². The highest BCUT2D eigenvalue weighted by Gasteiger charge is 2.01. The Morgan fingerprint density at radius 1 is 1.36 bits per heavy atom. The van der Waals surface area contributed by atoms with Gasteiger partial charge < -0.3 is 5.73 Å². The van der Waals surface area contributed by atoms with Gasteiger partial charge in [-0.15, -0.1) is 0 Å². The highest BCUT2D eigenvalue weighted by molar-refractivity contribution is 6.07. The largest absolute Gasteiger partial charge is 0.399 e. The van der Waals surface area contributed by atoms with Gasteiger partial charge >= 0.3 is 0 Å². The number of nitrogens with two attached hydrogens (primary N) is 1. The maximum absolute atomic E-state index is 10.7. The molecule has 3 nitrogen and oxygen atoms in total. The monoisotopic (exact) mass is 146 g/mol. The van der Waals surface area contributed by atoms with Crippen LogP contribution in [0.3, 0.4) is 0 Å². The number of nitrogens with zero attached hydrogens (tertiary/aromatic N) is 1. The Morgan fingerprint density at radius 2 is 1.91 bits per heavy atom. The fraction of sp³-hybridized carbons (Fsp3) is 0. The Bertz CT molecular complexity index is 308. The average Bonchev–Trinajstić information content (AvgIpc) is 2.05. The zero-order chi connectivity index (χ0) is 8.27. The molecule has 0 spiro atoms. The van der Waals surface area contributed by atoms with E-state index in [-0.39, 0.29) is 0 Å². The number of ketones is 1. The normalized spacial score (nSPS) is 8.64. The molecule has 3 heteroatoms. The number of rotatable bonds is 1. The number of hydrogen-bond acceptors (Lipinski definition) is 3. The van der Waals surface area contributed by atoms with Gasteiger partial charge in [0.1, 0.15) is 6.07 Å². The van der Waals surface area contributed by atoms with E-state index in [1.807, 2.05) is 0 Å². The molecular formula is C8H6N2O. The molecule has 0 aliphatic heterocycles. The minimum Gasteiger partial charge on any atom is -0.399 e. The summed E-state index contributed by atoms with van der Waals surface area (Å²) in [5.41, 5.74) is 6.33. The Balaban J connectivity index is 3.01. The SMILES string of the molecule is N#CC(=O)c1ccc(N)cc1. The van der Waals surface area contributed by atoms with Gasteiger partial charge in [0.2, 0.25) is 0 Å². The molecule has 1 aromatic rings. The summed E-state index contributed by atoms with van der Waals surface area (Å²) in [4.78, 5) is 10.7. The van der Waals surface area contributed by atoms with E-state index in [9.17, 15) is 4.79 Å². The molecule has 0 bridgehead atoms. The van der Waals surface area contributed by atoms with Gasteiger partial charge in [-0.3, -0.25) is 4.79 Å². The van der Waals surface area contributed by atoms with Crippen molar-refractivity contribution in [3.63, 3.8) is 0 Å². The molecule has 0 saturated carbocycles. The lowest BCUT2D eigenvalue weighted by Crippen LogP contribution is -1.94. The molecule has 0 aliphatic rings. The molecule has 0 atom stereocenters. The number of hydrogen-bond donors (Lipinski definition) is 1. The highest BCUT2D eigenvalue weighted by Crippen LogP contribution is 2.05. The molecule has 11 heavy (non-hydrogen) atoms.